The fourth-order valence-electron chi connectivity index (χ4n) is 2.62. The third-order valence-corrected chi connectivity index (χ3v) is 7.34. The van der Waals surface area contributed by atoms with Gasteiger partial charge >= 0.3 is 0 Å². The zero-order valence-corrected chi connectivity index (χ0v) is 15.6. The molecule has 0 bridgehead atoms. The normalized spacial score (nSPS) is 24.2. The molecule has 3 amide bonds. The van der Waals surface area contributed by atoms with Gasteiger partial charge in [-0.25, -0.2) is 8.42 Å². The van der Waals surface area contributed by atoms with Crippen LogP contribution in [0.4, 0.5) is 4.79 Å². The molecule has 2 fully saturated rings. The van der Waals surface area contributed by atoms with E-state index in [-0.39, 0.29) is 36.4 Å². The first-order valence-corrected chi connectivity index (χ1v) is 11.1. The standard InChI is InChI=1S/C15H16N2O5S3/c18-13(16-10-4-7-25(21,22)9-10)3-5-17-14(19)12(24-15(17)20)8-11-2-1-6-23-11/h1-2,6,8,10H,3-5,7,9H2,(H,16,18)/b12-8-. The molecule has 0 saturated carbocycles. The molecule has 0 aromatic carbocycles. The predicted molar refractivity (Wildman–Crippen MR) is 96.8 cm³/mol. The molecular formula is C15H16N2O5S3. The quantitative estimate of drug-likeness (QED) is 0.752. The Balaban J connectivity index is 1.53. The first kappa shape index (κ1) is 18.2. The monoisotopic (exact) mass is 400 g/mol. The Morgan fingerprint density at radius 2 is 2.20 bits per heavy atom. The predicted octanol–water partition coefficient (Wildman–Crippen LogP) is 1.48. The van der Waals surface area contributed by atoms with Crippen LogP contribution in [0.15, 0.2) is 22.4 Å². The van der Waals surface area contributed by atoms with Gasteiger partial charge in [0, 0.05) is 23.9 Å². The lowest BCUT2D eigenvalue weighted by Gasteiger charge is -2.14. The third-order valence-electron chi connectivity index (χ3n) is 3.85. The van der Waals surface area contributed by atoms with E-state index in [1.54, 1.807) is 6.08 Å². The SMILES string of the molecule is O=C(CCN1C(=O)S/C(=C\c2cccs2)C1=O)NC1CCS(=O)(=O)C1. The van der Waals surface area contributed by atoms with Crippen molar-refractivity contribution in [3.8, 4) is 0 Å². The van der Waals surface area contributed by atoms with Gasteiger partial charge in [0.2, 0.25) is 5.91 Å². The number of nitrogens with one attached hydrogen (secondary N) is 1. The molecule has 1 unspecified atom stereocenters. The van der Waals surface area contributed by atoms with E-state index in [1.165, 1.54) is 11.3 Å². The number of thiophene rings is 1. The summed E-state index contributed by atoms with van der Waals surface area (Å²) in [7, 11) is -3.06. The van der Waals surface area contributed by atoms with E-state index >= 15 is 0 Å². The van der Waals surface area contributed by atoms with Gasteiger partial charge < -0.3 is 5.32 Å². The Kier molecular flexibility index (Phi) is 5.30. The summed E-state index contributed by atoms with van der Waals surface area (Å²) >= 11 is 2.32. The molecule has 1 aromatic heterocycles. The minimum absolute atomic E-state index is 0.0161. The van der Waals surface area contributed by atoms with E-state index in [2.05, 4.69) is 5.32 Å². The Morgan fingerprint density at radius 3 is 2.84 bits per heavy atom. The zero-order valence-electron chi connectivity index (χ0n) is 13.1. The first-order chi connectivity index (χ1) is 11.8. The van der Waals surface area contributed by atoms with Gasteiger partial charge in [-0.2, -0.15) is 0 Å². The highest BCUT2D eigenvalue weighted by molar-refractivity contribution is 8.18. The molecule has 1 N–H and O–H groups in total. The van der Waals surface area contributed by atoms with Crippen molar-refractivity contribution in [2.75, 3.05) is 18.1 Å². The van der Waals surface area contributed by atoms with Crippen molar-refractivity contribution in [3.05, 3.63) is 27.3 Å². The lowest BCUT2D eigenvalue weighted by Crippen LogP contribution is -2.38. The first-order valence-electron chi connectivity index (χ1n) is 7.63. The Bertz CT molecular complexity index is 829. The summed E-state index contributed by atoms with van der Waals surface area (Å²) in [6.07, 6.45) is 2.03. The minimum Gasteiger partial charge on any atom is -0.352 e. The number of hydrogen-bond donors (Lipinski definition) is 1. The van der Waals surface area contributed by atoms with Crippen molar-refractivity contribution in [2.45, 2.75) is 18.9 Å². The van der Waals surface area contributed by atoms with Gasteiger partial charge in [-0.3, -0.25) is 19.3 Å². The summed E-state index contributed by atoms with van der Waals surface area (Å²) in [5.74, 6) is -0.735. The van der Waals surface area contributed by atoms with Crippen LogP contribution in [0.5, 0.6) is 0 Å². The summed E-state index contributed by atoms with van der Waals surface area (Å²) in [5.41, 5.74) is 0. The van der Waals surface area contributed by atoms with Gasteiger partial charge in [0.15, 0.2) is 9.84 Å². The molecule has 134 valence electrons. The Hall–Kier alpha value is -1.65. The maximum absolute atomic E-state index is 12.3. The average Bonchev–Trinajstić information content (AvgIpc) is 3.21. The molecular weight excluding hydrogens is 384 g/mol. The van der Waals surface area contributed by atoms with E-state index in [0.29, 0.717) is 11.3 Å². The van der Waals surface area contributed by atoms with Crippen molar-refractivity contribution in [3.63, 3.8) is 0 Å². The number of nitrogens with zero attached hydrogens (tertiary/aromatic N) is 1. The van der Waals surface area contributed by atoms with Crippen LogP contribution < -0.4 is 5.32 Å². The fraction of sp³-hybridized carbons (Fsp3) is 0.400. The number of hydrogen-bond acceptors (Lipinski definition) is 7. The van der Waals surface area contributed by atoms with Crippen LogP contribution in [-0.2, 0) is 19.4 Å². The molecule has 25 heavy (non-hydrogen) atoms. The lowest BCUT2D eigenvalue weighted by molar-refractivity contribution is -0.124. The van der Waals surface area contributed by atoms with Crippen LogP contribution in [0.1, 0.15) is 17.7 Å². The average molecular weight is 401 g/mol. The van der Waals surface area contributed by atoms with Gasteiger partial charge in [0.05, 0.1) is 16.4 Å². The summed E-state index contributed by atoms with van der Waals surface area (Å²) in [5, 5.41) is 4.13. The third kappa shape index (κ3) is 4.50. The van der Waals surface area contributed by atoms with Gasteiger partial charge in [0.1, 0.15) is 0 Å². The number of rotatable bonds is 5. The van der Waals surface area contributed by atoms with Crippen molar-refractivity contribution in [2.24, 2.45) is 0 Å². The summed E-state index contributed by atoms with van der Waals surface area (Å²) in [6, 6.07) is 3.32. The second-order valence-electron chi connectivity index (χ2n) is 5.77. The molecule has 2 saturated heterocycles. The molecule has 0 aliphatic carbocycles. The number of amides is 3. The number of carbonyl (C=O) groups excluding carboxylic acids is 3. The van der Waals surface area contributed by atoms with E-state index < -0.39 is 21.0 Å². The van der Waals surface area contributed by atoms with E-state index in [9.17, 15) is 22.8 Å². The molecule has 0 spiro atoms. The van der Waals surface area contributed by atoms with Crippen molar-refractivity contribution in [1.82, 2.24) is 10.2 Å². The highest BCUT2D eigenvalue weighted by atomic mass is 32.2. The molecule has 3 rings (SSSR count). The second-order valence-corrected chi connectivity index (χ2v) is 9.97. The lowest BCUT2D eigenvalue weighted by atomic mass is 10.2. The molecule has 1 aromatic rings. The van der Waals surface area contributed by atoms with E-state index in [1.807, 2.05) is 17.5 Å². The topological polar surface area (TPSA) is 101 Å². The number of sulfone groups is 1. The second kappa shape index (κ2) is 7.30. The maximum Gasteiger partial charge on any atom is 0.293 e. The smallest absolute Gasteiger partial charge is 0.293 e. The molecule has 2 aliphatic rings. The van der Waals surface area contributed by atoms with Crippen LogP contribution >= 0.6 is 23.1 Å². The van der Waals surface area contributed by atoms with Crippen LogP contribution in [0, 0.1) is 0 Å². The molecule has 10 heteroatoms. The van der Waals surface area contributed by atoms with Crippen molar-refractivity contribution >= 4 is 56.1 Å². The molecule has 3 heterocycles. The number of carbonyl (C=O) groups is 3. The largest absolute Gasteiger partial charge is 0.352 e. The van der Waals surface area contributed by atoms with Crippen LogP contribution in [0.25, 0.3) is 6.08 Å². The highest BCUT2D eigenvalue weighted by Crippen LogP contribution is 2.32. The van der Waals surface area contributed by atoms with Crippen LogP contribution in [-0.4, -0.2) is 54.5 Å². The highest BCUT2D eigenvalue weighted by Gasteiger charge is 2.35. The van der Waals surface area contributed by atoms with Crippen LogP contribution in [0.2, 0.25) is 0 Å². The Labute approximate surface area is 153 Å². The summed E-state index contributed by atoms with van der Waals surface area (Å²) in [6.45, 7) is -0.0161. The molecule has 0 radical (unpaired) electrons. The van der Waals surface area contributed by atoms with E-state index in [4.69, 9.17) is 0 Å². The van der Waals surface area contributed by atoms with Crippen molar-refractivity contribution < 1.29 is 22.8 Å². The maximum atomic E-state index is 12.3. The summed E-state index contributed by atoms with van der Waals surface area (Å²) < 4.78 is 22.8. The Morgan fingerprint density at radius 1 is 1.40 bits per heavy atom. The van der Waals surface area contributed by atoms with E-state index in [0.717, 1.165) is 21.5 Å². The number of imide groups is 1. The van der Waals surface area contributed by atoms with Crippen LogP contribution in [0.3, 0.4) is 0 Å². The molecule has 1 atom stereocenters. The minimum atomic E-state index is -3.06. The fourth-order valence-corrected chi connectivity index (χ4v) is 5.88. The van der Waals surface area contributed by atoms with Gasteiger partial charge in [0.25, 0.3) is 11.1 Å². The molecule has 2 aliphatic heterocycles. The zero-order chi connectivity index (χ0) is 18.0. The van der Waals surface area contributed by atoms with Gasteiger partial charge in [-0.05, 0) is 35.7 Å². The van der Waals surface area contributed by atoms with Crippen molar-refractivity contribution in [1.29, 1.82) is 0 Å². The summed E-state index contributed by atoms with van der Waals surface area (Å²) in [4.78, 5) is 38.5. The van der Waals surface area contributed by atoms with Gasteiger partial charge in [-0.15, -0.1) is 11.3 Å². The number of thioether (sulfide) groups is 1. The van der Waals surface area contributed by atoms with Gasteiger partial charge in [-0.1, -0.05) is 6.07 Å². The molecule has 7 nitrogen and oxygen atoms in total.